The standard InChI is InChI=1S/C31H35FN6O3S/c1-36-16-18-37(19-17-36)24-13-11-23(12-14-24)34-31-33-20-22-10-15-29(39)38(30(22)35-31)21-26-27(32)8-5-9-28(26)42(40,41)25-6-3-2-4-7-25/h5,8-15,20,25H,2-4,6-7,16-19,21H2,1H3,(H,33,34,35). The maximum Gasteiger partial charge on any atom is 0.252 e. The summed E-state index contributed by atoms with van der Waals surface area (Å²) in [5.41, 5.74) is 1.79. The first-order chi connectivity index (χ1) is 20.3. The van der Waals surface area contributed by atoms with Crippen LogP contribution in [0.15, 0.2) is 70.5 Å². The lowest BCUT2D eigenvalue weighted by Crippen LogP contribution is -2.44. The van der Waals surface area contributed by atoms with Crippen molar-refractivity contribution in [3.05, 3.63) is 82.5 Å². The molecule has 4 aromatic rings. The Morgan fingerprint density at radius 1 is 0.952 bits per heavy atom. The summed E-state index contributed by atoms with van der Waals surface area (Å²) in [5.74, 6) is -0.388. The molecule has 6 rings (SSSR count). The van der Waals surface area contributed by atoms with Gasteiger partial charge in [0.15, 0.2) is 9.84 Å². The van der Waals surface area contributed by atoms with Crippen LogP contribution in [0.2, 0.25) is 0 Å². The van der Waals surface area contributed by atoms with E-state index in [9.17, 15) is 13.2 Å². The number of piperazine rings is 1. The molecule has 1 saturated heterocycles. The second-order valence-corrected chi connectivity index (χ2v) is 13.4. The maximum atomic E-state index is 15.3. The van der Waals surface area contributed by atoms with Gasteiger partial charge >= 0.3 is 0 Å². The fourth-order valence-electron chi connectivity index (χ4n) is 5.91. The fraction of sp³-hybridized carbons (Fsp3) is 0.387. The van der Waals surface area contributed by atoms with Gasteiger partial charge in [-0.05, 0) is 62.4 Å². The van der Waals surface area contributed by atoms with Crippen molar-refractivity contribution in [3.8, 4) is 0 Å². The second kappa shape index (κ2) is 11.8. The van der Waals surface area contributed by atoms with Crippen LogP contribution in [0, 0.1) is 5.82 Å². The third-order valence-corrected chi connectivity index (χ3v) is 10.7. The van der Waals surface area contributed by atoms with Gasteiger partial charge in [0.1, 0.15) is 11.5 Å². The number of fused-ring (bicyclic) bond motifs is 1. The summed E-state index contributed by atoms with van der Waals surface area (Å²) in [4.78, 5) is 26.7. The first kappa shape index (κ1) is 28.3. The number of aromatic nitrogens is 3. The van der Waals surface area contributed by atoms with Crippen molar-refractivity contribution >= 4 is 38.2 Å². The van der Waals surface area contributed by atoms with E-state index in [0.29, 0.717) is 23.9 Å². The van der Waals surface area contributed by atoms with Crippen molar-refractivity contribution in [3.63, 3.8) is 0 Å². The number of anilines is 3. The number of benzene rings is 2. The SMILES string of the molecule is CN1CCN(c2ccc(Nc3ncc4ccc(=O)n(Cc5c(F)cccc5S(=O)(=O)C5CCCCC5)c4n3)cc2)CC1. The molecule has 2 aliphatic rings. The van der Waals surface area contributed by atoms with Crippen molar-refractivity contribution in [2.24, 2.45) is 0 Å². The molecule has 2 aromatic heterocycles. The Hall–Kier alpha value is -3.83. The molecule has 0 amide bonds. The van der Waals surface area contributed by atoms with Gasteiger partial charge in [-0.3, -0.25) is 9.36 Å². The molecule has 220 valence electrons. The Bertz CT molecular complexity index is 1750. The van der Waals surface area contributed by atoms with E-state index in [1.165, 1.54) is 28.8 Å². The predicted octanol–water partition coefficient (Wildman–Crippen LogP) is 4.58. The van der Waals surface area contributed by atoms with Gasteiger partial charge in [-0.2, -0.15) is 4.98 Å². The van der Waals surface area contributed by atoms with Crippen LogP contribution >= 0.6 is 0 Å². The van der Waals surface area contributed by atoms with E-state index in [4.69, 9.17) is 0 Å². The molecule has 2 aromatic carbocycles. The van der Waals surface area contributed by atoms with Crippen molar-refractivity contribution in [2.45, 2.75) is 48.8 Å². The van der Waals surface area contributed by atoms with Crippen LogP contribution in [-0.2, 0) is 16.4 Å². The van der Waals surface area contributed by atoms with Crippen LogP contribution in [0.3, 0.4) is 0 Å². The van der Waals surface area contributed by atoms with Crippen molar-refractivity contribution in [1.82, 2.24) is 19.4 Å². The Labute approximate surface area is 244 Å². The Morgan fingerprint density at radius 3 is 2.43 bits per heavy atom. The van der Waals surface area contributed by atoms with Crippen molar-refractivity contribution in [1.29, 1.82) is 0 Å². The van der Waals surface area contributed by atoms with Crippen LogP contribution in [0.25, 0.3) is 11.0 Å². The normalized spacial score (nSPS) is 17.0. The minimum Gasteiger partial charge on any atom is -0.369 e. The van der Waals surface area contributed by atoms with Gasteiger partial charge in [0.2, 0.25) is 5.95 Å². The lowest BCUT2D eigenvalue weighted by atomic mass is 10.0. The quantitative estimate of drug-likeness (QED) is 0.334. The number of rotatable bonds is 7. The molecule has 2 fully saturated rings. The van der Waals surface area contributed by atoms with Crippen molar-refractivity contribution < 1.29 is 12.8 Å². The zero-order chi connectivity index (χ0) is 29.3. The number of halogens is 1. The lowest BCUT2D eigenvalue weighted by molar-refractivity contribution is 0.313. The lowest BCUT2D eigenvalue weighted by Gasteiger charge is -2.34. The van der Waals surface area contributed by atoms with E-state index in [1.54, 1.807) is 12.3 Å². The molecule has 0 radical (unpaired) electrons. The minimum atomic E-state index is -3.77. The van der Waals surface area contributed by atoms with Crippen LogP contribution in [0.1, 0.15) is 37.7 Å². The second-order valence-electron chi connectivity index (χ2n) is 11.2. The zero-order valence-electron chi connectivity index (χ0n) is 23.7. The van der Waals surface area contributed by atoms with Gasteiger partial charge in [0.05, 0.1) is 16.7 Å². The number of nitrogens with zero attached hydrogens (tertiary/aromatic N) is 5. The number of likely N-dealkylation sites (N-methyl/N-ethyl adjacent to an activating group) is 1. The van der Waals surface area contributed by atoms with Gasteiger partial charge in [0, 0.05) is 60.8 Å². The summed E-state index contributed by atoms with van der Waals surface area (Å²) in [6, 6.07) is 15.1. The van der Waals surface area contributed by atoms with E-state index in [0.717, 1.165) is 56.8 Å². The number of hydrogen-bond donors (Lipinski definition) is 1. The smallest absolute Gasteiger partial charge is 0.252 e. The molecule has 1 aliphatic heterocycles. The topological polar surface area (TPSA) is 100 Å². The number of sulfone groups is 1. The molecule has 0 atom stereocenters. The highest BCUT2D eigenvalue weighted by atomic mass is 32.2. The Balaban J connectivity index is 1.30. The van der Waals surface area contributed by atoms with Gasteiger partial charge in [-0.1, -0.05) is 25.3 Å². The molecule has 0 bridgehead atoms. The number of nitrogens with one attached hydrogen (secondary N) is 1. The molecule has 1 N–H and O–H groups in total. The van der Waals surface area contributed by atoms with Crippen molar-refractivity contribution in [2.75, 3.05) is 43.4 Å². The summed E-state index contributed by atoms with van der Waals surface area (Å²) in [6.07, 6.45) is 5.39. The van der Waals surface area contributed by atoms with Crippen LogP contribution in [-0.4, -0.2) is 66.3 Å². The highest BCUT2D eigenvalue weighted by Crippen LogP contribution is 2.32. The molecule has 0 spiro atoms. The first-order valence-corrected chi connectivity index (χ1v) is 16.0. The minimum absolute atomic E-state index is 0.0229. The predicted molar refractivity (Wildman–Crippen MR) is 163 cm³/mol. The Kier molecular flexibility index (Phi) is 7.96. The largest absolute Gasteiger partial charge is 0.369 e. The average Bonchev–Trinajstić information content (AvgIpc) is 3.00. The summed E-state index contributed by atoms with van der Waals surface area (Å²) < 4.78 is 43.8. The summed E-state index contributed by atoms with van der Waals surface area (Å²) >= 11 is 0. The monoisotopic (exact) mass is 590 g/mol. The third kappa shape index (κ3) is 5.76. The number of hydrogen-bond acceptors (Lipinski definition) is 8. The highest BCUT2D eigenvalue weighted by molar-refractivity contribution is 7.92. The van der Waals surface area contributed by atoms with E-state index >= 15 is 4.39 Å². The zero-order valence-corrected chi connectivity index (χ0v) is 24.5. The molecule has 9 nitrogen and oxygen atoms in total. The maximum absolute atomic E-state index is 15.3. The summed E-state index contributed by atoms with van der Waals surface area (Å²) in [6.45, 7) is 3.72. The summed E-state index contributed by atoms with van der Waals surface area (Å²) in [5, 5.41) is 3.24. The molecular weight excluding hydrogens is 555 g/mol. The first-order valence-electron chi connectivity index (χ1n) is 14.5. The molecule has 11 heteroatoms. The molecule has 0 unspecified atom stereocenters. The van der Waals surface area contributed by atoms with Gasteiger partial charge in [0.25, 0.3) is 5.56 Å². The van der Waals surface area contributed by atoms with Gasteiger partial charge in [-0.15, -0.1) is 0 Å². The molecule has 1 aliphatic carbocycles. The molecule has 42 heavy (non-hydrogen) atoms. The molecule has 1 saturated carbocycles. The summed E-state index contributed by atoms with van der Waals surface area (Å²) in [7, 11) is -1.64. The number of pyridine rings is 1. The van der Waals surface area contributed by atoms with Crippen LogP contribution in [0.5, 0.6) is 0 Å². The highest BCUT2D eigenvalue weighted by Gasteiger charge is 2.32. The Morgan fingerprint density at radius 2 is 1.69 bits per heavy atom. The van der Waals surface area contributed by atoms with Gasteiger partial charge < -0.3 is 15.1 Å². The van der Waals surface area contributed by atoms with E-state index in [-0.39, 0.29) is 23.0 Å². The van der Waals surface area contributed by atoms with Gasteiger partial charge in [-0.25, -0.2) is 17.8 Å². The third-order valence-electron chi connectivity index (χ3n) is 8.40. The van der Waals surface area contributed by atoms with E-state index in [2.05, 4.69) is 44.3 Å². The van der Waals surface area contributed by atoms with Crippen LogP contribution in [0.4, 0.5) is 21.7 Å². The average molecular weight is 591 g/mol. The molecular formula is C31H35FN6O3S. The fourth-order valence-corrected chi connectivity index (χ4v) is 7.99. The molecule has 3 heterocycles. The van der Waals surface area contributed by atoms with Crippen LogP contribution < -0.4 is 15.8 Å². The van der Waals surface area contributed by atoms with E-state index < -0.39 is 26.5 Å². The van der Waals surface area contributed by atoms with E-state index in [1.807, 2.05) is 12.1 Å².